The first-order chi connectivity index (χ1) is 7.61. The minimum absolute atomic E-state index is 0.720. The van der Waals surface area contributed by atoms with Crippen molar-refractivity contribution in [1.29, 1.82) is 0 Å². The first-order valence-electron chi connectivity index (χ1n) is 3.92. The van der Waals surface area contributed by atoms with Gasteiger partial charge in [0.25, 0.3) is 10.1 Å². The maximum absolute atomic E-state index is 13.0. The van der Waals surface area contributed by atoms with Crippen molar-refractivity contribution >= 4 is 20.2 Å². The molecule has 6 nitrogen and oxygen atoms in total. The summed E-state index contributed by atoms with van der Waals surface area (Å²) in [6, 6.07) is 2.48. The fraction of sp³-hybridized carbons (Fsp3) is 0.143. The molecule has 0 spiro atoms. The molecule has 10 heteroatoms. The monoisotopic (exact) mass is 288 g/mol. The van der Waals surface area contributed by atoms with Gasteiger partial charge in [-0.05, 0) is 12.1 Å². The van der Waals surface area contributed by atoms with Crippen molar-refractivity contribution in [2.45, 2.75) is 0 Å². The number of hydrogen-bond acceptors (Lipinski definition) is 5. The SMILES string of the molecule is O=S(=O)(O)CS(=O)(=O)Oc1cccc(F)c1F. The average Bonchev–Trinajstić information content (AvgIpc) is 2.08. The molecule has 0 atom stereocenters. The van der Waals surface area contributed by atoms with Crippen LogP contribution in [0.2, 0.25) is 0 Å². The van der Waals surface area contributed by atoms with E-state index in [2.05, 4.69) is 4.18 Å². The van der Waals surface area contributed by atoms with Crippen LogP contribution in [0.4, 0.5) is 8.78 Å². The molecule has 0 saturated carbocycles. The molecule has 0 radical (unpaired) electrons. The van der Waals surface area contributed by atoms with E-state index in [0.717, 1.165) is 18.2 Å². The molecule has 0 aliphatic heterocycles. The molecule has 1 aromatic carbocycles. The third-order valence-corrected chi connectivity index (χ3v) is 4.21. The van der Waals surface area contributed by atoms with Crippen LogP contribution in [0.15, 0.2) is 18.2 Å². The quantitative estimate of drug-likeness (QED) is 0.640. The minimum atomic E-state index is -4.85. The summed E-state index contributed by atoms with van der Waals surface area (Å²) in [6.45, 7) is 0. The Morgan fingerprint density at radius 1 is 1.18 bits per heavy atom. The van der Waals surface area contributed by atoms with E-state index in [1.807, 2.05) is 0 Å². The van der Waals surface area contributed by atoms with E-state index in [-0.39, 0.29) is 0 Å². The summed E-state index contributed by atoms with van der Waals surface area (Å²) in [5.41, 5.74) is 0. The molecule has 0 bridgehead atoms. The third-order valence-electron chi connectivity index (χ3n) is 1.43. The van der Waals surface area contributed by atoms with E-state index in [0.29, 0.717) is 0 Å². The van der Waals surface area contributed by atoms with Gasteiger partial charge in [-0.3, -0.25) is 4.55 Å². The van der Waals surface area contributed by atoms with Gasteiger partial charge >= 0.3 is 10.1 Å². The molecule has 0 unspecified atom stereocenters. The summed E-state index contributed by atoms with van der Waals surface area (Å²) in [5, 5.41) is -1.75. The van der Waals surface area contributed by atoms with Crippen LogP contribution in [0.25, 0.3) is 0 Å². The van der Waals surface area contributed by atoms with Crippen LogP contribution in [0.3, 0.4) is 0 Å². The van der Waals surface area contributed by atoms with Gasteiger partial charge in [0.05, 0.1) is 0 Å². The van der Waals surface area contributed by atoms with E-state index in [9.17, 15) is 25.6 Å². The molecule has 0 aliphatic rings. The van der Waals surface area contributed by atoms with Gasteiger partial charge in [-0.15, -0.1) is 0 Å². The maximum atomic E-state index is 13.0. The highest BCUT2D eigenvalue weighted by molar-refractivity contribution is 8.03. The van der Waals surface area contributed by atoms with E-state index >= 15 is 0 Å². The van der Waals surface area contributed by atoms with Gasteiger partial charge in [0.15, 0.2) is 11.6 Å². The van der Waals surface area contributed by atoms with Crippen molar-refractivity contribution < 1.29 is 34.4 Å². The fourth-order valence-electron chi connectivity index (χ4n) is 0.892. The fourth-order valence-corrected chi connectivity index (χ4v) is 2.95. The van der Waals surface area contributed by atoms with Crippen LogP contribution in [0, 0.1) is 11.6 Å². The molecule has 0 saturated heterocycles. The van der Waals surface area contributed by atoms with Crippen LogP contribution >= 0.6 is 0 Å². The van der Waals surface area contributed by atoms with Gasteiger partial charge in [0.2, 0.25) is 10.9 Å². The predicted octanol–water partition coefficient (Wildman–Crippen LogP) is 0.519. The Labute approximate surface area is 95.7 Å². The van der Waals surface area contributed by atoms with E-state index in [1.165, 1.54) is 0 Å². The van der Waals surface area contributed by atoms with Crippen molar-refractivity contribution in [2.75, 3.05) is 5.08 Å². The van der Waals surface area contributed by atoms with Gasteiger partial charge in [-0.2, -0.15) is 21.2 Å². The first-order valence-corrected chi connectivity index (χ1v) is 7.11. The molecule has 0 aromatic heterocycles. The van der Waals surface area contributed by atoms with Crippen molar-refractivity contribution in [3.63, 3.8) is 0 Å². The first kappa shape index (κ1) is 13.8. The van der Waals surface area contributed by atoms with Gasteiger partial charge in [-0.1, -0.05) is 6.07 Å². The lowest BCUT2D eigenvalue weighted by Crippen LogP contribution is -2.21. The zero-order valence-corrected chi connectivity index (χ0v) is 9.63. The number of halogens is 2. The second-order valence-electron chi connectivity index (χ2n) is 2.89. The van der Waals surface area contributed by atoms with Crippen molar-refractivity contribution in [2.24, 2.45) is 0 Å². The van der Waals surface area contributed by atoms with E-state index < -0.39 is 42.7 Å². The van der Waals surface area contributed by atoms with Crippen LogP contribution in [0.5, 0.6) is 5.75 Å². The molecule has 0 aliphatic carbocycles. The van der Waals surface area contributed by atoms with Crippen LogP contribution in [-0.2, 0) is 20.2 Å². The Kier molecular flexibility index (Phi) is 3.69. The molecule has 1 aromatic rings. The lowest BCUT2D eigenvalue weighted by molar-refractivity contribution is 0.437. The minimum Gasteiger partial charge on any atom is -0.378 e. The second kappa shape index (κ2) is 4.55. The predicted molar refractivity (Wildman–Crippen MR) is 52.3 cm³/mol. The van der Waals surface area contributed by atoms with Crippen LogP contribution < -0.4 is 4.18 Å². The molecule has 1 rings (SSSR count). The Morgan fingerprint density at radius 3 is 2.29 bits per heavy atom. The lowest BCUT2D eigenvalue weighted by Gasteiger charge is -2.06. The molecule has 96 valence electrons. The molecular formula is C7H6F2O6S2. The molecule has 0 fully saturated rings. The van der Waals surface area contributed by atoms with Gasteiger partial charge < -0.3 is 4.18 Å². The van der Waals surface area contributed by atoms with Gasteiger partial charge in [0.1, 0.15) is 0 Å². The molecule has 0 amide bonds. The summed E-state index contributed by atoms with van der Waals surface area (Å²) < 4.78 is 80.7. The highest BCUT2D eigenvalue weighted by Gasteiger charge is 2.24. The Morgan fingerprint density at radius 2 is 1.76 bits per heavy atom. The summed E-state index contributed by atoms with van der Waals surface area (Å²) in [4.78, 5) is 0. The van der Waals surface area contributed by atoms with Gasteiger partial charge in [0, 0.05) is 0 Å². The van der Waals surface area contributed by atoms with Crippen LogP contribution in [0.1, 0.15) is 0 Å². The average molecular weight is 288 g/mol. The van der Waals surface area contributed by atoms with Crippen LogP contribution in [-0.4, -0.2) is 26.5 Å². The van der Waals surface area contributed by atoms with E-state index in [4.69, 9.17) is 4.55 Å². The number of hydrogen-bond donors (Lipinski definition) is 1. The summed E-state index contributed by atoms with van der Waals surface area (Å²) in [5.74, 6) is -3.93. The lowest BCUT2D eigenvalue weighted by atomic mass is 10.3. The second-order valence-corrected chi connectivity index (χ2v) is 6.28. The van der Waals surface area contributed by atoms with E-state index in [1.54, 1.807) is 0 Å². The third kappa shape index (κ3) is 4.24. The highest BCUT2D eigenvalue weighted by Crippen LogP contribution is 2.21. The smallest absolute Gasteiger partial charge is 0.326 e. The Hall–Kier alpha value is -1.26. The maximum Gasteiger partial charge on any atom is 0.326 e. The van der Waals surface area contributed by atoms with Crippen molar-refractivity contribution in [3.05, 3.63) is 29.8 Å². The summed E-state index contributed by atoms with van der Waals surface area (Å²) in [7, 11) is -9.63. The normalized spacial score (nSPS) is 12.4. The summed E-state index contributed by atoms with van der Waals surface area (Å²) >= 11 is 0. The standard InChI is InChI=1S/C7H6F2O6S2/c8-5-2-1-3-6(7(5)9)15-17(13,14)4-16(10,11)12/h1-3H,4H2,(H,10,11,12). The molecule has 1 N–H and O–H groups in total. The Balaban J connectivity index is 3.03. The topological polar surface area (TPSA) is 97.7 Å². The van der Waals surface area contributed by atoms with Crippen molar-refractivity contribution in [1.82, 2.24) is 0 Å². The zero-order valence-electron chi connectivity index (χ0n) is 8.00. The summed E-state index contributed by atoms with van der Waals surface area (Å²) in [6.07, 6.45) is 0. The molecule has 0 heterocycles. The number of benzene rings is 1. The van der Waals surface area contributed by atoms with Gasteiger partial charge in [-0.25, -0.2) is 4.39 Å². The Bertz CT molecular complexity index is 622. The van der Waals surface area contributed by atoms with Crippen molar-refractivity contribution in [3.8, 4) is 5.75 Å². The molecule has 17 heavy (non-hydrogen) atoms. The highest BCUT2D eigenvalue weighted by atomic mass is 32.3. The number of rotatable bonds is 4. The molecular weight excluding hydrogens is 282 g/mol. The largest absolute Gasteiger partial charge is 0.378 e. The zero-order chi connectivity index (χ0) is 13.3.